The third-order valence-electron chi connectivity index (χ3n) is 11.0. The predicted molar refractivity (Wildman–Crippen MR) is 127 cm³/mol. The highest BCUT2D eigenvalue weighted by atomic mass is 16.7. The van der Waals surface area contributed by atoms with Gasteiger partial charge >= 0.3 is 6.09 Å². The van der Waals surface area contributed by atoms with Crippen molar-refractivity contribution in [3.05, 3.63) is 0 Å². The molecule has 0 aliphatic heterocycles. The molecule has 4 aliphatic carbocycles. The van der Waals surface area contributed by atoms with E-state index < -0.39 is 6.09 Å². The first kappa shape index (κ1) is 25.2. The molecule has 4 aliphatic rings. The zero-order chi connectivity index (χ0) is 24.0. The van der Waals surface area contributed by atoms with Crippen molar-refractivity contribution in [3.8, 4) is 0 Å². The number of hydrogen-bond donors (Lipinski definition) is 2. The molecule has 33 heavy (non-hydrogen) atoms. The zero-order valence-electron chi connectivity index (χ0n) is 21.5. The Bertz CT molecular complexity index is 702. The average Bonchev–Trinajstić information content (AvgIpc) is 3.13. The second-order valence-electron chi connectivity index (χ2n) is 12.1. The first-order valence-corrected chi connectivity index (χ1v) is 13.5. The summed E-state index contributed by atoms with van der Waals surface area (Å²) in [6.45, 7) is 7.65. The minimum Gasteiger partial charge on any atom is -0.448 e. The fourth-order valence-electron chi connectivity index (χ4n) is 9.19. The normalized spacial score (nSPS) is 46.8. The summed E-state index contributed by atoms with van der Waals surface area (Å²) in [6, 6.07) is 0. The van der Waals surface area contributed by atoms with Gasteiger partial charge < -0.3 is 14.9 Å². The molecule has 6 heteroatoms. The number of nitrogens with zero attached hydrogens (tertiary/aromatic N) is 1. The van der Waals surface area contributed by atoms with Crippen LogP contribution in [0.25, 0.3) is 0 Å². The van der Waals surface area contributed by atoms with Crippen molar-refractivity contribution in [1.29, 1.82) is 0 Å². The Hall–Kier alpha value is -0.850. The molecule has 2 N–H and O–H groups in total. The molecule has 0 bridgehead atoms. The lowest BCUT2D eigenvalue weighted by Crippen LogP contribution is -2.62. The monoisotopic (exact) mass is 465 g/mol. The van der Waals surface area contributed by atoms with Crippen molar-refractivity contribution in [3.63, 3.8) is 0 Å². The lowest BCUT2D eigenvalue weighted by Gasteiger charge is -2.64. The molecular formula is C27H47NO5. The molecular weight excluding hydrogens is 418 g/mol. The van der Waals surface area contributed by atoms with Crippen LogP contribution >= 0.6 is 0 Å². The highest BCUT2D eigenvalue weighted by Gasteiger charge is 2.64. The largest absolute Gasteiger partial charge is 0.448 e. The van der Waals surface area contributed by atoms with E-state index in [0.717, 1.165) is 43.6 Å². The highest BCUT2D eigenvalue weighted by Crippen LogP contribution is 2.69. The van der Waals surface area contributed by atoms with Crippen LogP contribution in [-0.2, 0) is 9.57 Å². The van der Waals surface area contributed by atoms with Crippen LogP contribution in [0, 0.1) is 46.3 Å². The van der Waals surface area contributed by atoms with E-state index >= 15 is 0 Å². The number of fused-ring (bicyclic) bond motifs is 5. The van der Waals surface area contributed by atoms with E-state index in [2.05, 4.69) is 20.8 Å². The van der Waals surface area contributed by atoms with Gasteiger partial charge in [-0.3, -0.25) is 4.84 Å². The van der Waals surface area contributed by atoms with Crippen molar-refractivity contribution in [2.75, 3.05) is 20.8 Å². The van der Waals surface area contributed by atoms with Gasteiger partial charge in [0.05, 0.1) is 25.9 Å². The average molecular weight is 466 g/mol. The third-order valence-corrected chi connectivity index (χ3v) is 11.0. The number of rotatable bonds is 6. The number of ether oxygens (including phenoxy) is 1. The summed E-state index contributed by atoms with van der Waals surface area (Å²) in [5, 5.41) is 23.3. The second kappa shape index (κ2) is 9.66. The lowest BCUT2D eigenvalue weighted by atomic mass is 9.41. The van der Waals surface area contributed by atoms with Gasteiger partial charge in [0.25, 0.3) is 0 Å². The summed E-state index contributed by atoms with van der Waals surface area (Å²) < 4.78 is 5.34. The van der Waals surface area contributed by atoms with Gasteiger partial charge in [-0.25, -0.2) is 4.79 Å². The number of aliphatic hydroxyl groups is 2. The molecule has 0 saturated heterocycles. The van der Waals surface area contributed by atoms with Gasteiger partial charge in [-0.15, -0.1) is 0 Å². The molecule has 0 spiro atoms. The first-order valence-electron chi connectivity index (χ1n) is 13.5. The van der Waals surface area contributed by atoms with Crippen LogP contribution in [0.2, 0.25) is 0 Å². The summed E-state index contributed by atoms with van der Waals surface area (Å²) in [5.74, 6) is 2.94. The van der Waals surface area contributed by atoms with Gasteiger partial charge in [-0.1, -0.05) is 27.2 Å². The molecule has 190 valence electrons. The van der Waals surface area contributed by atoms with Crippen LogP contribution in [-0.4, -0.2) is 54.3 Å². The molecule has 0 aromatic rings. The topological polar surface area (TPSA) is 79.2 Å². The van der Waals surface area contributed by atoms with Crippen LogP contribution in [0.5, 0.6) is 0 Å². The first-order chi connectivity index (χ1) is 15.7. The maximum atomic E-state index is 11.8. The second-order valence-corrected chi connectivity index (χ2v) is 12.1. The van der Waals surface area contributed by atoms with Gasteiger partial charge in [0.2, 0.25) is 0 Å². The van der Waals surface area contributed by atoms with E-state index in [-0.39, 0.29) is 23.0 Å². The van der Waals surface area contributed by atoms with E-state index in [1.807, 2.05) is 0 Å². The Morgan fingerprint density at radius 2 is 1.73 bits per heavy atom. The molecule has 0 unspecified atom stereocenters. The zero-order valence-corrected chi connectivity index (χ0v) is 21.5. The van der Waals surface area contributed by atoms with Crippen molar-refractivity contribution < 1.29 is 24.6 Å². The molecule has 4 fully saturated rings. The highest BCUT2D eigenvalue weighted by molar-refractivity contribution is 5.65. The smallest absolute Gasteiger partial charge is 0.433 e. The van der Waals surface area contributed by atoms with Crippen LogP contribution in [0.1, 0.15) is 85.0 Å². The fourth-order valence-corrected chi connectivity index (χ4v) is 9.19. The summed E-state index contributed by atoms with van der Waals surface area (Å²) in [4.78, 5) is 16.7. The van der Waals surface area contributed by atoms with E-state index in [4.69, 9.17) is 9.57 Å². The minimum atomic E-state index is -0.440. The quantitative estimate of drug-likeness (QED) is 0.425. The molecule has 1 amide bonds. The number of carbonyl (C=O) groups is 1. The Balaban J connectivity index is 1.45. The van der Waals surface area contributed by atoms with Crippen LogP contribution in [0.15, 0.2) is 0 Å². The van der Waals surface area contributed by atoms with Crippen molar-refractivity contribution in [2.24, 2.45) is 46.3 Å². The summed E-state index contributed by atoms with van der Waals surface area (Å²) in [5.41, 5.74) is 0.524. The van der Waals surface area contributed by atoms with Gasteiger partial charge in [0.1, 0.15) is 0 Å². The molecule has 4 saturated carbocycles. The molecule has 10 atom stereocenters. The number of hydrogen-bond acceptors (Lipinski definition) is 5. The van der Waals surface area contributed by atoms with Crippen molar-refractivity contribution in [1.82, 2.24) is 5.06 Å². The summed E-state index contributed by atoms with van der Waals surface area (Å²) in [6.07, 6.45) is 9.87. The molecule has 0 heterocycles. The van der Waals surface area contributed by atoms with Gasteiger partial charge in [0.15, 0.2) is 0 Å². The molecule has 0 aromatic carbocycles. The van der Waals surface area contributed by atoms with E-state index in [1.165, 1.54) is 32.8 Å². The molecule has 6 nitrogen and oxygen atoms in total. The lowest BCUT2D eigenvalue weighted by molar-refractivity contribution is -0.202. The Kier molecular flexibility index (Phi) is 7.39. The number of aliphatic hydroxyl groups excluding tert-OH is 2. The Morgan fingerprint density at radius 1 is 1.03 bits per heavy atom. The van der Waals surface area contributed by atoms with E-state index in [9.17, 15) is 15.0 Å². The van der Waals surface area contributed by atoms with Gasteiger partial charge in [-0.2, -0.15) is 5.06 Å². The predicted octanol–water partition coefficient (Wildman–Crippen LogP) is 5.02. The summed E-state index contributed by atoms with van der Waals surface area (Å²) >= 11 is 0. The van der Waals surface area contributed by atoms with Gasteiger partial charge in [0, 0.05) is 7.05 Å². The van der Waals surface area contributed by atoms with E-state index in [1.54, 1.807) is 7.05 Å². The number of hydroxylamine groups is 2. The fraction of sp³-hybridized carbons (Fsp3) is 0.963. The summed E-state index contributed by atoms with van der Waals surface area (Å²) in [7, 11) is 3.01. The number of amides is 1. The van der Waals surface area contributed by atoms with Crippen LogP contribution in [0.4, 0.5) is 4.79 Å². The van der Waals surface area contributed by atoms with Crippen molar-refractivity contribution >= 4 is 6.09 Å². The third kappa shape index (κ3) is 4.23. The maximum Gasteiger partial charge on any atom is 0.433 e. The SMILES string of the molecule is CC[C@H]1[C@@H](O)[C@@H]2[C@H](CC[C@]3(C)[C@@H](CCCOC(=O)N(C)OC)CC[C@@H]23)[C@@]2(C)CC[C@@H](O)C[C@@H]12. The standard InChI is InChI=1S/C27H47NO5/c1-6-19-22-16-18(29)11-13-27(22,3)21-12-14-26(2)17(9-10-20(26)23(21)24(19)30)8-7-15-33-25(31)28(4)32-5/h17-24,29-30H,6-16H2,1-5H3/t17-,18+,19+,20-,21-,22-,23-,24+,26+,27+/m0/s1. The maximum absolute atomic E-state index is 11.8. The minimum absolute atomic E-state index is 0.191. The van der Waals surface area contributed by atoms with Crippen LogP contribution < -0.4 is 0 Å². The van der Waals surface area contributed by atoms with Crippen LogP contribution in [0.3, 0.4) is 0 Å². The van der Waals surface area contributed by atoms with Gasteiger partial charge in [-0.05, 0) is 104 Å². The Labute approximate surface area is 200 Å². The number of carbonyl (C=O) groups excluding carboxylic acids is 1. The Morgan fingerprint density at radius 3 is 2.42 bits per heavy atom. The molecule has 0 aromatic heterocycles. The molecule has 0 radical (unpaired) electrons. The van der Waals surface area contributed by atoms with Crippen molar-refractivity contribution in [2.45, 2.75) is 97.2 Å². The molecule has 4 rings (SSSR count). The van der Waals surface area contributed by atoms with E-state index in [0.29, 0.717) is 42.1 Å².